The zero-order valence-corrected chi connectivity index (χ0v) is 10.8. The Labute approximate surface area is 112 Å². The van der Waals surface area contributed by atoms with Crippen molar-refractivity contribution < 1.29 is 9.53 Å². The summed E-state index contributed by atoms with van der Waals surface area (Å²) >= 11 is 0. The molecule has 1 aromatic heterocycles. The van der Waals surface area contributed by atoms with Gasteiger partial charge in [-0.25, -0.2) is 14.8 Å². The summed E-state index contributed by atoms with van der Waals surface area (Å²) in [6.45, 7) is 2.46. The van der Waals surface area contributed by atoms with Gasteiger partial charge < -0.3 is 20.7 Å². The summed E-state index contributed by atoms with van der Waals surface area (Å²) in [6.07, 6.45) is 5.60. The van der Waals surface area contributed by atoms with Crippen molar-refractivity contribution in [3.63, 3.8) is 0 Å². The lowest BCUT2D eigenvalue weighted by molar-refractivity contribution is 0.111. The van der Waals surface area contributed by atoms with E-state index in [4.69, 9.17) is 4.74 Å². The molecule has 3 N–H and O–H groups in total. The quantitative estimate of drug-likeness (QED) is 0.647. The Balaban J connectivity index is 1.51. The zero-order valence-electron chi connectivity index (χ0n) is 10.8. The number of hydrogen-bond acceptors (Lipinski definition) is 5. The highest BCUT2D eigenvalue weighted by molar-refractivity contribution is 5.73. The van der Waals surface area contributed by atoms with Gasteiger partial charge in [0.25, 0.3) is 0 Å². The first-order valence-electron chi connectivity index (χ1n) is 6.49. The number of urea groups is 1. The first-order valence-corrected chi connectivity index (χ1v) is 6.49. The Kier molecular flexibility index (Phi) is 5.36. The SMILES string of the molecule is O=C(NCCNc1ncccn1)NC[C@@H]1CCCO1. The predicted octanol–water partition coefficient (Wildman–Crippen LogP) is 0.367. The third kappa shape index (κ3) is 5.09. The van der Waals surface area contributed by atoms with E-state index in [9.17, 15) is 4.79 Å². The molecule has 0 radical (unpaired) electrons. The summed E-state index contributed by atoms with van der Waals surface area (Å²) < 4.78 is 5.42. The van der Waals surface area contributed by atoms with Gasteiger partial charge in [-0.2, -0.15) is 0 Å². The molecule has 2 rings (SSSR count). The fraction of sp³-hybridized carbons (Fsp3) is 0.583. The molecule has 0 aromatic carbocycles. The minimum Gasteiger partial charge on any atom is -0.376 e. The second-order valence-electron chi connectivity index (χ2n) is 4.27. The van der Waals surface area contributed by atoms with Crippen LogP contribution < -0.4 is 16.0 Å². The van der Waals surface area contributed by atoms with Crippen LogP contribution in [0.2, 0.25) is 0 Å². The third-order valence-electron chi connectivity index (χ3n) is 2.77. The van der Waals surface area contributed by atoms with Crippen LogP contribution >= 0.6 is 0 Å². The van der Waals surface area contributed by atoms with Gasteiger partial charge in [-0.15, -0.1) is 0 Å². The van der Waals surface area contributed by atoms with Gasteiger partial charge in [0.05, 0.1) is 6.10 Å². The molecule has 1 atom stereocenters. The maximum absolute atomic E-state index is 11.5. The number of aromatic nitrogens is 2. The number of anilines is 1. The molecule has 1 aliphatic heterocycles. The van der Waals surface area contributed by atoms with Crippen LogP contribution in [0.1, 0.15) is 12.8 Å². The highest BCUT2D eigenvalue weighted by atomic mass is 16.5. The molecule has 0 saturated carbocycles. The average molecular weight is 265 g/mol. The molecule has 0 spiro atoms. The summed E-state index contributed by atoms with van der Waals surface area (Å²) in [5, 5.41) is 8.55. The largest absolute Gasteiger partial charge is 0.376 e. The number of rotatable bonds is 6. The molecule has 1 aromatic rings. The van der Waals surface area contributed by atoms with Crippen molar-refractivity contribution in [1.29, 1.82) is 0 Å². The highest BCUT2D eigenvalue weighted by Gasteiger charge is 2.15. The van der Waals surface area contributed by atoms with E-state index >= 15 is 0 Å². The van der Waals surface area contributed by atoms with Crippen molar-refractivity contribution in [1.82, 2.24) is 20.6 Å². The van der Waals surface area contributed by atoms with E-state index in [1.807, 2.05) is 0 Å². The Hall–Kier alpha value is -1.89. The molecule has 2 heterocycles. The van der Waals surface area contributed by atoms with Crippen molar-refractivity contribution in [2.24, 2.45) is 0 Å². The van der Waals surface area contributed by atoms with Gasteiger partial charge in [-0.3, -0.25) is 0 Å². The third-order valence-corrected chi connectivity index (χ3v) is 2.77. The predicted molar refractivity (Wildman–Crippen MR) is 70.9 cm³/mol. The molecular formula is C12H19N5O2. The normalized spacial score (nSPS) is 18.0. The van der Waals surface area contributed by atoms with Crippen LogP contribution in [-0.4, -0.2) is 48.3 Å². The fourth-order valence-corrected chi connectivity index (χ4v) is 1.82. The lowest BCUT2D eigenvalue weighted by atomic mass is 10.2. The Morgan fingerprint density at radius 3 is 2.89 bits per heavy atom. The summed E-state index contributed by atoms with van der Waals surface area (Å²) in [5.74, 6) is 0.559. The Morgan fingerprint density at radius 1 is 1.32 bits per heavy atom. The van der Waals surface area contributed by atoms with Crippen LogP contribution in [0.15, 0.2) is 18.5 Å². The van der Waals surface area contributed by atoms with Gasteiger partial charge >= 0.3 is 6.03 Å². The fourth-order valence-electron chi connectivity index (χ4n) is 1.82. The molecule has 0 aliphatic carbocycles. The molecule has 104 valence electrons. The van der Waals surface area contributed by atoms with Gasteiger partial charge in [0, 0.05) is 38.6 Å². The number of nitrogens with one attached hydrogen (secondary N) is 3. The van der Waals surface area contributed by atoms with Gasteiger partial charge in [-0.05, 0) is 18.9 Å². The first-order chi connectivity index (χ1) is 9.34. The van der Waals surface area contributed by atoms with Crippen LogP contribution in [0, 0.1) is 0 Å². The average Bonchev–Trinajstić information content (AvgIpc) is 2.96. The molecule has 19 heavy (non-hydrogen) atoms. The van der Waals surface area contributed by atoms with E-state index in [1.54, 1.807) is 18.5 Å². The number of carbonyl (C=O) groups excluding carboxylic acids is 1. The second kappa shape index (κ2) is 7.52. The van der Waals surface area contributed by atoms with Crippen molar-refractivity contribution in [2.75, 3.05) is 31.6 Å². The Morgan fingerprint density at radius 2 is 2.16 bits per heavy atom. The smallest absolute Gasteiger partial charge is 0.314 e. The molecule has 0 bridgehead atoms. The van der Waals surface area contributed by atoms with Gasteiger partial charge in [0.15, 0.2) is 0 Å². The molecule has 2 amide bonds. The number of amides is 2. The number of carbonyl (C=O) groups is 1. The molecule has 0 unspecified atom stereocenters. The molecule has 7 heteroatoms. The molecule has 1 aliphatic rings. The molecule has 7 nitrogen and oxygen atoms in total. The summed E-state index contributed by atoms with van der Waals surface area (Å²) in [6, 6.07) is 1.58. The van der Waals surface area contributed by atoms with E-state index < -0.39 is 0 Å². The highest BCUT2D eigenvalue weighted by Crippen LogP contribution is 2.10. The monoisotopic (exact) mass is 265 g/mol. The standard InChI is InChI=1S/C12H19N5O2/c18-12(17-9-10-3-1-8-19-10)16-7-6-15-11-13-4-2-5-14-11/h2,4-5,10H,1,3,6-9H2,(H,13,14,15)(H2,16,17,18)/t10-/m0/s1. The van der Waals surface area contributed by atoms with Gasteiger partial charge in [0.2, 0.25) is 5.95 Å². The van der Waals surface area contributed by atoms with E-state index in [-0.39, 0.29) is 12.1 Å². The minimum atomic E-state index is -0.175. The van der Waals surface area contributed by atoms with Gasteiger partial charge in [-0.1, -0.05) is 0 Å². The maximum Gasteiger partial charge on any atom is 0.314 e. The zero-order chi connectivity index (χ0) is 13.3. The van der Waals surface area contributed by atoms with Crippen molar-refractivity contribution >= 4 is 12.0 Å². The second-order valence-corrected chi connectivity index (χ2v) is 4.27. The lowest BCUT2D eigenvalue weighted by Gasteiger charge is -2.11. The van der Waals surface area contributed by atoms with Crippen LogP contribution in [0.5, 0.6) is 0 Å². The van der Waals surface area contributed by atoms with Crippen LogP contribution in [-0.2, 0) is 4.74 Å². The van der Waals surface area contributed by atoms with E-state index in [1.165, 1.54) is 0 Å². The van der Waals surface area contributed by atoms with Crippen LogP contribution in [0.25, 0.3) is 0 Å². The Bertz CT molecular complexity index is 381. The molecule has 1 fully saturated rings. The topological polar surface area (TPSA) is 88.2 Å². The number of ether oxygens (including phenoxy) is 1. The van der Waals surface area contributed by atoms with Crippen molar-refractivity contribution in [3.05, 3.63) is 18.5 Å². The number of hydrogen-bond donors (Lipinski definition) is 3. The molecular weight excluding hydrogens is 246 g/mol. The van der Waals surface area contributed by atoms with Crippen LogP contribution in [0.4, 0.5) is 10.7 Å². The number of nitrogens with zero attached hydrogens (tertiary/aromatic N) is 2. The van der Waals surface area contributed by atoms with Crippen molar-refractivity contribution in [2.45, 2.75) is 18.9 Å². The van der Waals surface area contributed by atoms with Crippen LogP contribution in [0.3, 0.4) is 0 Å². The minimum absolute atomic E-state index is 0.168. The first kappa shape index (κ1) is 13.5. The summed E-state index contributed by atoms with van der Waals surface area (Å²) in [5.41, 5.74) is 0. The molecule has 1 saturated heterocycles. The van der Waals surface area contributed by atoms with E-state index in [2.05, 4.69) is 25.9 Å². The lowest BCUT2D eigenvalue weighted by Crippen LogP contribution is -2.41. The maximum atomic E-state index is 11.5. The summed E-state index contributed by atoms with van der Waals surface area (Å²) in [7, 11) is 0. The van der Waals surface area contributed by atoms with E-state index in [0.717, 1.165) is 19.4 Å². The van der Waals surface area contributed by atoms with Crippen molar-refractivity contribution in [3.8, 4) is 0 Å². The van der Waals surface area contributed by atoms with E-state index in [0.29, 0.717) is 25.6 Å². The van der Waals surface area contributed by atoms with Gasteiger partial charge in [0.1, 0.15) is 0 Å². The summed E-state index contributed by atoms with van der Waals surface area (Å²) in [4.78, 5) is 19.5.